The molecule has 1 aromatic carbocycles. The summed E-state index contributed by atoms with van der Waals surface area (Å²) in [5, 5.41) is 15.3. The van der Waals surface area contributed by atoms with E-state index in [-0.39, 0.29) is 23.9 Å². The van der Waals surface area contributed by atoms with Crippen LogP contribution in [0.25, 0.3) is 0 Å². The third-order valence-electron chi connectivity index (χ3n) is 4.36. The van der Waals surface area contributed by atoms with Crippen LogP contribution in [0.15, 0.2) is 30.3 Å². The number of likely N-dealkylation sites (tertiary alicyclic amines) is 1. The van der Waals surface area contributed by atoms with Gasteiger partial charge in [-0.15, -0.1) is 0 Å². The largest absolute Gasteiger partial charge is 0.492 e. The number of para-hydroxylation sites is 1. The summed E-state index contributed by atoms with van der Waals surface area (Å²) in [4.78, 5) is 25.9. The molecule has 24 heavy (non-hydrogen) atoms. The van der Waals surface area contributed by atoms with Crippen molar-refractivity contribution in [3.63, 3.8) is 0 Å². The van der Waals surface area contributed by atoms with E-state index in [1.807, 2.05) is 30.3 Å². The Bertz CT molecular complexity index is 580. The van der Waals surface area contributed by atoms with Gasteiger partial charge in [-0.25, -0.2) is 0 Å². The van der Waals surface area contributed by atoms with Gasteiger partial charge in [0.15, 0.2) is 0 Å². The van der Waals surface area contributed by atoms with Crippen LogP contribution in [0.2, 0.25) is 0 Å². The monoisotopic (exact) mass is 333 g/mol. The fourth-order valence-electron chi connectivity index (χ4n) is 3.09. The van der Waals surface area contributed by atoms with Crippen LogP contribution in [0.3, 0.4) is 0 Å². The minimum Gasteiger partial charge on any atom is -0.492 e. The number of rotatable bonds is 6. The number of aliphatic hydroxyl groups excluding tert-OH is 1. The molecular formula is C17H23N3O4. The number of ether oxygens (including phenoxy) is 1. The van der Waals surface area contributed by atoms with Gasteiger partial charge < -0.3 is 25.4 Å². The minimum absolute atomic E-state index is 0.0244. The topological polar surface area (TPSA) is 90.9 Å². The molecule has 7 heteroatoms. The van der Waals surface area contributed by atoms with Crippen LogP contribution in [0, 0.1) is 0 Å². The highest BCUT2D eigenvalue weighted by molar-refractivity contribution is 5.85. The summed E-state index contributed by atoms with van der Waals surface area (Å²) in [7, 11) is 0. The van der Waals surface area contributed by atoms with Crippen molar-refractivity contribution < 1.29 is 19.4 Å². The Kier molecular flexibility index (Phi) is 5.32. The fourth-order valence-corrected chi connectivity index (χ4v) is 3.09. The van der Waals surface area contributed by atoms with Gasteiger partial charge in [-0.1, -0.05) is 18.2 Å². The highest BCUT2D eigenvalue weighted by Crippen LogP contribution is 2.14. The van der Waals surface area contributed by atoms with Gasteiger partial charge in [-0.2, -0.15) is 0 Å². The zero-order valence-corrected chi connectivity index (χ0v) is 13.5. The third-order valence-corrected chi connectivity index (χ3v) is 4.36. The van der Waals surface area contributed by atoms with E-state index >= 15 is 0 Å². The average Bonchev–Trinajstić information content (AvgIpc) is 3.15. The Labute approximate surface area is 141 Å². The van der Waals surface area contributed by atoms with Crippen LogP contribution in [0.1, 0.15) is 12.8 Å². The number of benzene rings is 1. The SMILES string of the molecule is O=C(NC1CC(=O)N(CCOc2ccccc2)C1)C1CC(O)CN1. The van der Waals surface area contributed by atoms with Crippen molar-refractivity contribution in [2.24, 2.45) is 0 Å². The molecule has 0 spiro atoms. The Balaban J connectivity index is 1.41. The summed E-state index contributed by atoms with van der Waals surface area (Å²) in [5.74, 6) is 0.656. The molecule has 2 heterocycles. The van der Waals surface area contributed by atoms with E-state index in [2.05, 4.69) is 10.6 Å². The maximum atomic E-state index is 12.1. The number of carbonyl (C=O) groups excluding carboxylic acids is 2. The predicted molar refractivity (Wildman–Crippen MR) is 87.5 cm³/mol. The molecule has 0 radical (unpaired) electrons. The first-order chi connectivity index (χ1) is 11.6. The molecule has 0 saturated carbocycles. The minimum atomic E-state index is -0.474. The van der Waals surface area contributed by atoms with Crippen molar-refractivity contribution in [3.05, 3.63) is 30.3 Å². The average molecular weight is 333 g/mol. The second-order valence-corrected chi connectivity index (χ2v) is 6.26. The van der Waals surface area contributed by atoms with Crippen LogP contribution in [0.4, 0.5) is 0 Å². The highest BCUT2D eigenvalue weighted by atomic mass is 16.5. The number of nitrogens with one attached hydrogen (secondary N) is 2. The van der Waals surface area contributed by atoms with Gasteiger partial charge in [-0.3, -0.25) is 9.59 Å². The van der Waals surface area contributed by atoms with Crippen LogP contribution in [0.5, 0.6) is 5.75 Å². The fraction of sp³-hybridized carbons (Fsp3) is 0.529. The summed E-state index contributed by atoms with van der Waals surface area (Å²) >= 11 is 0. The Morgan fingerprint density at radius 3 is 2.88 bits per heavy atom. The van der Waals surface area contributed by atoms with E-state index in [4.69, 9.17) is 4.74 Å². The van der Waals surface area contributed by atoms with Crippen LogP contribution in [-0.4, -0.2) is 66.2 Å². The molecule has 0 aliphatic carbocycles. The molecule has 3 rings (SSSR count). The molecule has 2 fully saturated rings. The molecule has 0 bridgehead atoms. The molecule has 0 aromatic heterocycles. The lowest BCUT2D eigenvalue weighted by atomic mass is 10.1. The number of β-amino-alcohol motifs (C(OH)–C–C–N with tert-alkyl or cyclic N) is 1. The van der Waals surface area contributed by atoms with E-state index in [9.17, 15) is 14.7 Å². The summed E-state index contributed by atoms with van der Waals surface area (Å²) in [5.41, 5.74) is 0. The second kappa shape index (κ2) is 7.63. The first-order valence-corrected chi connectivity index (χ1v) is 8.29. The molecular weight excluding hydrogens is 310 g/mol. The van der Waals surface area contributed by atoms with Crippen molar-refractivity contribution in [2.45, 2.75) is 31.0 Å². The quantitative estimate of drug-likeness (QED) is 0.653. The molecule has 2 aliphatic rings. The first-order valence-electron chi connectivity index (χ1n) is 8.29. The highest BCUT2D eigenvalue weighted by Gasteiger charge is 2.34. The Morgan fingerprint density at radius 1 is 1.38 bits per heavy atom. The summed E-state index contributed by atoms with van der Waals surface area (Å²) in [6, 6.07) is 8.91. The lowest BCUT2D eigenvalue weighted by Gasteiger charge is -2.18. The zero-order chi connectivity index (χ0) is 16.9. The van der Waals surface area contributed by atoms with E-state index < -0.39 is 6.10 Å². The first kappa shape index (κ1) is 16.7. The van der Waals surface area contributed by atoms with Gasteiger partial charge >= 0.3 is 0 Å². The standard InChI is InChI=1S/C17H23N3O4/c21-13-9-15(18-10-13)17(23)19-12-8-16(22)20(11-12)6-7-24-14-4-2-1-3-5-14/h1-5,12-13,15,18,21H,6-11H2,(H,19,23). The van der Waals surface area contributed by atoms with Gasteiger partial charge in [0.25, 0.3) is 0 Å². The van der Waals surface area contributed by atoms with Crippen molar-refractivity contribution in [1.82, 2.24) is 15.5 Å². The van der Waals surface area contributed by atoms with Crippen molar-refractivity contribution >= 4 is 11.8 Å². The number of hydrogen-bond acceptors (Lipinski definition) is 5. The number of carbonyl (C=O) groups is 2. The molecule has 3 unspecified atom stereocenters. The van der Waals surface area contributed by atoms with Gasteiger partial charge in [0.2, 0.25) is 11.8 Å². The Hall–Kier alpha value is -2.12. The maximum absolute atomic E-state index is 12.1. The molecule has 2 aliphatic heterocycles. The zero-order valence-electron chi connectivity index (χ0n) is 13.5. The third kappa shape index (κ3) is 4.24. The number of aliphatic hydroxyl groups is 1. The number of nitrogens with zero attached hydrogens (tertiary/aromatic N) is 1. The van der Waals surface area contributed by atoms with Gasteiger partial charge in [0.1, 0.15) is 12.4 Å². The lowest BCUT2D eigenvalue weighted by molar-refractivity contribution is -0.128. The molecule has 2 amide bonds. The molecule has 2 saturated heterocycles. The molecule has 3 atom stereocenters. The van der Waals surface area contributed by atoms with Gasteiger partial charge in [0, 0.05) is 19.5 Å². The molecule has 1 aromatic rings. The molecule has 7 nitrogen and oxygen atoms in total. The Morgan fingerprint density at radius 2 is 2.17 bits per heavy atom. The van der Waals surface area contributed by atoms with Crippen LogP contribution in [-0.2, 0) is 9.59 Å². The lowest BCUT2D eigenvalue weighted by Crippen LogP contribution is -2.46. The summed E-state index contributed by atoms with van der Waals surface area (Å²) < 4.78 is 5.61. The van der Waals surface area contributed by atoms with E-state index in [0.29, 0.717) is 39.1 Å². The van der Waals surface area contributed by atoms with E-state index in [1.54, 1.807) is 4.90 Å². The van der Waals surface area contributed by atoms with E-state index in [0.717, 1.165) is 5.75 Å². The van der Waals surface area contributed by atoms with Crippen LogP contribution < -0.4 is 15.4 Å². The maximum Gasteiger partial charge on any atom is 0.237 e. The van der Waals surface area contributed by atoms with Crippen molar-refractivity contribution in [1.29, 1.82) is 0 Å². The van der Waals surface area contributed by atoms with E-state index in [1.165, 1.54) is 0 Å². The van der Waals surface area contributed by atoms with Crippen molar-refractivity contribution in [2.75, 3.05) is 26.2 Å². The smallest absolute Gasteiger partial charge is 0.237 e. The van der Waals surface area contributed by atoms with Gasteiger partial charge in [-0.05, 0) is 18.6 Å². The number of amides is 2. The molecule has 130 valence electrons. The summed E-state index contributed by atoms with van der Waals surface area (Å²) in [6.45, 7) is 1.86. The van der Waals surface area contributed by atoms with Gasteiger partial charge in [0.05, 0.1) is 24.7 Å². The molecule has 3 N–H and O–H groups in total. The summed E-state index contributed by atoms with van der Waals surface area (Å²) in [6.07, 6.45) is 0.255. The predicted octanol–water partition coefficient (Wildman–Crippen LogP) is -0.495. The van der Waals surface area contributed by atoms with Crippen LogP contribution >= 0.6 is 0 Å². The normalized spacial score (nSPS) is 26.6. The second-order valence-electron chi connectivity index (χ2n) is 6.26. The number of hydrogen-bond donors (Lipinski definition) is 3. The van der Waals surface area contributed by atoms with Crippen molar-refractivity contribution in [3.8, 4) is 5.75 Å².